The van der Waals surface area contributed by atoms with Gasteiger partial charge in [-0.1, -0.05) is 0 Å². The molecule has 0 saturated heterocycles. The second-order valence-corrected chi connectivity index (χ2v) is 3.07. The van der Waals surface area contributed by atoms with Gasteiger partial charge in [-0.25, -0.2) is 14.6 Å². The lowest BCUT2D eigenvalue weighted by Gasteiger charge is -1.98. The minimum atomic E-state index is 0.469. The summed E-state index contributed by atoms with van der Waals surface area (Å²) in [7, 11) is 0. The quantitative estimate of drug-likeness (QED) is 0.568. The van der Waals surface area contributed by atoms with Crippen molar-refractivity contribution in [2.45, 2.75) is 13.8 Å². The highest BCUT2D eigenvalue weighted by molar-refractivity contribution is 5.77. The Balaban J connectivity index is 2.94. The summed E-state index contributed by atoms with van der Waals surface area (Å²) in [5.41, 5.74) is 8.04. The van der Waals surface area contributed by atoms with Crippen LogP contribution in [0.4, 0.5) is 5.82 Å². The Morgan fingerprint density at radius 1 is 1.31 bits per heavy atom. The summed E-state index contributed by atoms with van der Waals surface area (Å²) < 4.78 is 1.44. The molecular formula is C8H11N5. The predicted molar refractivity (Wildman–Crippen MR) is 51.6 cm³/mol. The minimum Gasteiger partial charge on any atom is -0.384 e. The third kappa shape index (κ3) is 1.00. The maximum absolute atomic E-state index is 5.71. The van der Waals surface area contributed by atoms with Crippen LogP contribution in [-0.2, 0) is 0 Å². The molecule has 2 rings (SSSR count). The number of aromatic nitrogens is 3. The fraction of sp³-hybridized carbons (Fsp3) is 0.250. The van der Waals surface area contributed by atoms with Crippen LogP contribution < -0.4 is 11.6 Å². The highest BCUT2D eigenvalue weighted by Crippen LogP contribution is 2.17. The average Bonchev–Trinajstić information content (AvgIpc) is 2.32. The van der Waals surface area contributed by atoms with Crippen molar-refractivity contribution in [3.8, 4) is 0 Å². The van der Waals surface area contributed by atoms with Crippen LogP contribution in [0.15, 0.2) is 6.07 Å². The van der Waals surface area contributed by atoms with Crippen molar-refractivity contribution < 1.29 is 0 Å². The molecule has 0 spiro atoms. The van der Waals surface area contributed by atoms with Gasteiger partial charge >= 0.3 is 0 Å². The number of fused-ring (bicyclic) bond motifs is 1. The fourth-order valence-corrected chi connectivity index (χ4v) is 1.35. The van der Waals surface area contributed by atoms with Crippen LogP contribution in [0.25, 0.3) is 11.2 Å². The second-order valence-electron chi connectivity index (χ2n) is 3.07. The molecule has 0 aliphatic rings. The molecule has 0 saturated carbocycles. The van der Waals surface area contributed by atoms with Gasteiger partial charge in [-0.15, -0.1) is 0 Å². The van der Waals surface area contributed by atoms with Gasteiger partial charge in [0.2, 0.25) is 0 Å². The number of imidazole rings is 1. The third-order valence-electron chi connectivity index (χ3n) is 2.04. The summed E-state index contributed by atoms with van der Waals surface area (Å²) >= 11 is 0. The van der Waals surface area contributed by atoms with E-state index < -0.39 is 0 Å². The molecule has 0 amide bonds. The first kappa shape index (κ1) is 7.85. The Bertz CT molecular complexity index is 471. The average molecular weight is 177 g/mol. The molecule has 0 bridgehead atoms. The largest absolute Gasteiger partial charge is 0.384 e. The van der Waals surface area contributed by atoms with E-state index >= 15 is 0 Å². The molecule has 0 unspecified atom stereocenters. The van der Waals surface area contributed by atoms with Gasteiger partial charge in [0.25, 0.3) is 0 Å². The molecule has 0 fully saturated rings. The SMILES string of the molecule is Cc1cc(N)nc2c1nc(C)n2N. The molecular weight excluding hydrogens is 166 g/mol. The number of aryl methyl sites for hydroxylation is 2. The molecule has 2 aromatic heterocycles. The Kier molecular flexibility index (Phi) is 1.42. The molecule has 4 N–H and O–H groups in total. The van der Waals surface area contributed by atoms with Gasteiger partial charge in [-0.2, -0.15) is 0 Å². The monoisotopic (exact) mass is 177 g/mol. The second kappa shape index (κ2) is 2.35. The van der Waals surface area contributed by atoms with Crippen molar-refractivity contribution in [3.63, 3.8) is 0 Å². The lowest BCUT2D eigenvalue weighted by molar-refractivity contribution is 0.943. The van der Waals surface area contributed by atoms with Crippen molar-refractivity contribution in [1.29, 1.82) is 0 Å². The normalized spacial score (nSPS) is 10.9. The topological polar surface area (TPSA) is 82.8 Å². The van der Waals surface area contributed by atoms with Crippen LogP contribution in [0.3, 0.4) is 0 Å². The summed E-state index contributed by atoms with van der Waals surface area (Å²) in [6, 6.07) is 1.79. The van der Waals surface area contributed by atoms with Gasteiger partial charge in [-0.05, 0) is 25.5 Å². The molecule has 5 nitrogen and oxygen atoms in total. The molecule has 2 aromatic rings. The van der Waals surface area contributed by atoms with Crippen LogP contribution in [0.2, 0.25) is 0 Å². The number of nitrogen functional groups attached to an aromatic ring is 2. The smallest absolute Gasteiger partial charge is 0.181 e. The Morgan fingerprint density at radius 3 is 2.69 bits per heavy atom. The maximum Gasteiger partial charge on any atom is 0.181 e. The van der Waals surface area contributed by atoms with Gasteiger partial charge in [0.15, 0.2) is 5.65 Å². The van der Waals surface area contributed by atoms with Crippen molar-refractivity contribution in [3.05, 3.63) is 17.5 Å². The van der Waals surface area contributed by atoms with E-state index in [1.807, 2.05) is 13.8 Å². The van der Waals surface area contributed by atoms with Crippen LogP contribution in [-0.4, -0.2) is 14.6 Å². The predicted octanol–water partition coefficient (Wildman–Crippen LogP) is 0.344. The van der Waals surface area contributed by atoms with E-state index in [4.69, 9.17) is 11.6 Å². The van der Waals surface area contributed by atoms with Crippen molar-refractivity contribution in [1.82, 2.24) is 14.6 Å². The minimum absolute atomic E-state index is 0.469. The van der Waals surface area contributed by atoms with E-state index in [1.54, 1.807) is 6.07 Å². The first-order chi connectivity index (χ1) is 6.09. The molecule has 0 aliphatic carbocycles. The number of anilines is 1. The summed E-state index contributed by atoms with van der Waals surface area (Å²) in [5, 5.41) is 0. The van der Waals surface area contributed by atoms with Crippen molar-refractivity contribution in [2.24, 2.45) is 0 Å². The van der Waals surface area contributed by atoms with E-state index in [9.17, 15) is 0 Å². The number of nitrogens with two attached hydrogens (primary N) is 2. The highest BCUT2D eigenvalue weighted by atomic mass is 15.3. The first-order valence-corrected chi connectivity index (χ1v) is 3.97. The fourth-order valence-electron chi connectivity index (χ4n) is 1.35. The summed E-state index contributed by atoms with van der Waals surface area (Å²) in [6.45, 7) is 3.77. The van der Waals surface area contributed by atoms with Crippen LogP contribution in [0, 0.1) is 13.8 Å². The zero-order valence-corrected chi connectivity index (χ0v) is 7.57. The van der Waals surface area contributed by atoms with Crippen LogP contribution >= 0.6 is 0 Å². The number of pyridine rings is 1. The zero-order valence-electron chi connectivity index (χ0n) is 7.57. The standard InChI is InChI=1S/C8H11N5/c1-4-3-6(9)12-8-7(4)11-5(2)13(8)10/h3H,10H2,1-2H3,(H2,9,12). The van der Waals surface area contributed by atoms with E-state index in [0.717, 1.165) is 16.9 Å². The molecule has 5 heteroatoms. The zero-order chi connectivity index (χ0) is 9.59. The number of nitrogens with zero attached hydrogens (tertiary/aromatic N) is 3. The number of hydrogen-bond donors (Lipinski definition) is 2. The lowest BCUT2D eigenvalue weighted by Crippen LogP contribution is -2.11. The molecule has 0 aliphatic heterocycles. The summed E-state index contributed by atoms with van der Waals surface area (Å²) in [4.78, 5) is 8.38. The molecule has 13 heavy (non-hydrogen) atoms. The number of hydrogen-bond acceptors (Lipinski definition) is 4. The third-order valence-corrected chi connectivity index (χ3v) is 2.04. The molecule has 0 atom stereocenters. The van der Waals surface area contributed by atoms with E-state index in [-0.39, 0.29) is 0 Å². The van der Waals surface area contributed by atoms with Gasteiger partial charge in [-0.3, -0.25) is 0 Å². The van der Waals surface area contributed by atoms with E-state index in [2.05, 4.69) is 9.97 Å². The van der Waals surface area contributed by atoms with E-state index in [1.165, 1.54) is 4.68 Å². The summed E-state index contributed by atoms with van der Waals surface area (Å²) in [5.74, 6) is 6.91. The molecule has 0 aromatic carbocycles. The Hall–Kier alpha value is -1.78. The lowest BCUT2D eigenvalue weighted by atomic mass is 10.2. The molecule has 2 heterocycles. The van der Waals surface area contributed by atoms with Gasteiger partial charge in [0.05, 0.1) is 0 Å². The molecule has 0 radical (unpaired) electrons. The van der Waals surface area contributed by atoms with Gasteiger partial charge < -0.3 is 11.6 Å². The Labute approximate surface area is 75.4 Å². The van der Waals surface area contributed by atoms with Gasteiger partial charge in [0.1, 0.15) is 17.2 Å². The molecule has 68 valence electrons. The van der Waals surface area contributed by atoms with Crippen molar-refractivity contribution >= 4 is 17.0 Å². The van der Waals surface area contributed by atoms with Gasteiger partial charge in [0, 0.05) is 0 Å². The summed E-state index contributed by atoms with van der Waals surface area (Å²) in [6.07, 6.45) is 0. The van der Waals surface area contributed by atoms with E-state index in [0.29, 0.717) is 11.5 Å². The van der Waals surface area contributed by atoms with Crippen molar-refractivity contribution in [2.75, 3.05) is 11.6 Å². The highest BCUT2D eigenvalue weighted by Gasteiger charge is 2.08. The van der Waals surface area contributed by atoms with Crippen LogP contribution in [0.1, 0.15) is 11.4 Å². The van der Waals surface area contributed by atoms with Crippen LogP contribution in [0.5, 0.6) is 0 Å². The Morgan fingerprint density at radius 2 is 2.00 bits per heavy atom. The maximum atomic E-state index is 5.71. The first-order valence-electron chi connectivity index (χ1n) is 3.97. The number of rotatable bonds is 0.